The Balaban J connectivity index is 1.13. The topological polar surface area (TPSA) is 180 Å². The molecule has 262 valence electrons. The number of nitrogens with zero attached hydrogens (tertiary/aromatic N) is 3. The van der Waals surface area contributed by atoms with Crippen LogP contribution in [0, 0.1) is 11.8 Å². The first-order chi connectivity index (χ1) is 24.2. The minimum Gasteiger partial charge on any atom is -0.349 e. The number of carbonyl (C=O) groups is 3. The SMILES string of the molecule is CC1CC(NC(=O)c2ccc(-c3ccc(C[C@H](NC(=O)C4CCC(CN)CC4)C(=O)Nc4ccc(-c5nn[nH]n5)cc4)cc3)c(Cl)c2)CCN1. The predicted octanol–water partition coefficient (Wildman–Crippen LogP) is 4.49. The first kappa shape index (κ1) is 35.2. The number of piperidine rings is 1. The highest BCUT2D eigenvalue weighted by Crippen LogP contribution is 2.31. The maximum absolute atomic E-state index is 13.7. The van der Waals surface area contributed by atoms with Gasteiger partial charge in [-0.1, -0.05) is 41.9 Å². The molecule has 6 rings (SSSR count). The second-order valence-corrected chi connectivity index (χ2v) is 13.9. The Morgan fingerprint density at radius 3 is 2.36 bits per heavy atom. The highest BCUT2D eigenvalue weighted by molar-refractivity contribution is 6.33. The van der Waals surface area contributed by atoms with Gasteiger partial charge in [0.05, 0.1) is 0 Å². The lowest BCUT2D eigenvalue weighted by Crippen LogP contribution is -2.48. The smallest absolute Gasteiger partial charge is 0.251 e. The fourth-order valence-corrected chi connectivity index (χ4v) is 7.14. The van der Waals surface area contributed by atoms with E-state index < -0.39 is 6.04 Å². The molecule has 3 atom stereocenters. The quantitative estimate of drug-likeness (QED) is 0.133. The number of H-pyrrole nitrogens is 1. The molecule has 1 saturated heterocycles. The number of anilines is 1. The van der Waals surface area contributed by atoms with Crippen LogP contribution >= 0.6 is 11.6 Å². The summed E-state index contributed by atoms with van der Waals surface area (Å²) in [6, 6.07) is 19.9. The number of hydrogen-bond donors (Lipinski definition) is 6. The minimum atomic E-state index is -0.804. The van der Waals surface area contributed by atoms with Gasteiger partial charge in [-0.15, -0.1) is 10.2 Å². The Morgan fingerprint density at radius 1 is 0.960 bits per heavy atom. The van der Waals surface area contributed by atoms with Gasteiger partial charge >= 0.3 is 0 Å². The van der Waals surface area contributed by atoms with Crippen LogP contribution in [-0.2, 0) is 16.0 Å². The maximum Gasteiger partial charge on any atom is 0.251 e. The number of amides is 3. The van der Waals surface area contributed by atoms with Gasteiger partial charge in [0.15, 0.2) is 0 Å². The third-order valence-corrected chi connectivity index (χ3v) is 10.1. The minimum absolute atomic E-state index is 0.115. The lowest BCUT2D eigenvalue weighted by Gasteiger charge is -2.28. The van der Waals surface area contributed by atoms with Gasteiger partial charge in [-0.2, -0.15) is 5.21 Å². The van der Waals surface area contributed by atoms with Gasteiger partial charge in [-0.25, -0.2) is 0 Å². The molecular formula is C37H44ClN9O3. The number of halogens is 1. The molecule has 7 N–H and O–H groups in total. The van der Waals surface area contributed by atoms with E-state index in [9.17, 15) is 14.4 Å². The summed E-state index contributed by atoms with van der Waals surface area (Å²) in [6.07, 6.45) is 5.41. The molecule has 2 aliphatic rings. The van der Waals surface area contributed by atoms with Crippen LogP contribution in [0.2, 0.25) is 5.02 Å². The van der Waals surface area contributed by atoms with Crippen molar-refractivity contribution in [1.29, 1.82) is 0 Å². The highest BCUT2D eigenvalue weighted by atomic mass is 35.5. The van der Waals surface area contributed by atoms with Crippen LogP contribution in [-0.4, -0.2) is 69.6 Å². The van der Waals surface area contributed by atoms with Gasteiger partial charge in [0.2, 0.25) is 17.6 Å². The second-order valence-electron chi connectivity index (χ2n) is 13.5. The fraction of sp³-hybridized carbons (Fsp3) is 0.405. The molecule has 3 amide bonds. The number of nitrogens with one attached hydrogen (secondary N) is 5. The van der Waals surface area contributed by atoms with Crippen molar-refractivity contribution in [3.8, 4) is 22.5 Å². The van der Waals surface area contributed by atoms with Crippen LogP contribution in [0.15, 0.2) is 66.7 Å². The number of aromatic amines is 1. The molecule has 2 heterocycles. The Bertz CT molecular complexity index is 1760. The molecule has 1 aromatic heterocycles. The molecule has 50 heavy (non-hydrogen) atoms. The zero-order valence-electron chi connectivity index (χ0n) is 28.1. The van der Waals surface area contributed by atoms with Gasteiger partial charge < -0.3 is 27.0 Å². The normalized spacial score (nSPS) is 21.2. The summed E-state index contributed by atoms with van der Waals surface area (Å²) < 4.78 is 0. The van der Waals surface area contributed by atoms with Gasteiger partial charge in [0.1, 0.15) is 6.04 Å². The average molecular weight is 698 g/mol. The monoisotopic (exact) mass is 697 g/mol. The van der Waals surface area contributed by atoms with Crippen molar-refractivity contribution >= 4 is 35.0 Å². The summed E-state index contributed by atoms with van der Waals surface area (Å²) >= 11 is 6.70. The van der Waals surface area contributed by atoms with E-state index in [0.717, 1.165) is 67.3 Å². The van der Waals surface area contributed by atoms with E-state index in [1.165, 1.54) is 0 Å². The van der Waals surface area contributed by atoms with Gasteiger partial charge in [0, 0.05) is 51.8 Å². The summed E-state index contributed by atoms with van der Waals surface area (Å²) in [4.78, 5) is 40.0. The number of carbonyl (C=O) groups excluding carboxylic acids is 3. The van der Waals surface area contributed by atoms with Crippen LogP contribution in [0.25, 0.3) is 22.5 Å². The Hall–Kier alpha value is -4.65. The summed E-state index contributed by atoms with van der Waals surface area (Å²) in [6.45, 7) is 3.63. The average Bonchev–Trinajstić information content (AvgIpc) is 3.67. The van der Waals surface area contributed by atoms with Crippen molar-refractivity contribution in [2.24, 2.45) is 17.6 Å². The number of nitrogens with two attached hydrogens (primary N) is 1. The summed E-state index contributed by atoms with van der Waals surface area (Å²) in [7, 11) is 0. The van der Waals surface area contributed by atoms with Crippen LogP contribution in [0.3, 0.4) is 0 Å². The molecule has 0 spiro atoms. The molecule has 4 aromatic rings. The zero-order chi connectivity index (χ0) is 35.0. The highest BCUT2D eigenvalue weighted by Gasteiger charge is 2.29. The van der Waals surface area contributed by atoms with E-state index in [2.05, 4.69) is 48.8 Å². The Labute approximate surface area is 296 Å². The lowest BCUT2D eigenvalue weighted by atomic mass is 9.81. The number of benzene rings is 3. The van der Waals surface area contributed by atoms with Crippen molar-refractivity contribution < 1.29 is 14.4 Å². The number of hydrogen-bond acceptors (Lipinski definition) is 8. The van der Waals surface area contributed by atoms with Crippen LogP contribution in [0.1, 0.15) is 61.4 Å². The summed E-state index contributed by atoms with van der Waals surface area (Å²) in [5, 5.41) is 27.0. The molecule has 3 aromatic carbocycles. The number of tetrazole rings is 1. The molecule has 2 unspecified atom stereocenters. The first-order valence-electron chi connectivity index (χ1n) is 17.3. The van der Waals surface area contributed by atoms with E-state index in [1.54, 1.807) is 36.4 Å². The first-order valence-corrected chi connectivity index (χ1v) is 17.7. The fourth-order valence-electron chi connectivity index (χ4n) is 6.85. The van der Waals surface area contributed by atoms with Gasteiger partial charge in [-0.05, 0) is 117 Å². The third kappa shape index (κ3) is 8.92. The molecular weight excluding hydrogens is 654 g/mol. The lowest BCUT2D eigenvalue weighted by molar-refractivity contribution is -0.130. The van der Waals surface area contributed by atoms with Gasteiger partial charge in [-0.3, -0.25) is 14.4 Å². The number of rotatable bonds is 11. The van der Waals surface area contributed by atoms with E-state index in [4.69, 9.17) is 17.3 Å². The van der Waals surface area contributed by atoms with Crippen LogP contribution in [0.4, 0.5) is 5.69 Å². The van der Waals surface area contributed by atoms with Crippen molar-refractivity contribution in [2.45, 2.75) is 70.0 Å². The Morgan fingerprint density at radius 2 is 1.70 bits per heavy atom. The van der Waals surface area contributed by atoms with E-state index in [-0.39, 0.29) is 29.7 Å². The predicted molar refractivity (Wildman–Crippen MR) is 193 cm³/mol. The van der Waals surface area contributed by atoms with Gasteiger partial charge in [0.25, 0.3) is 5.91 Å². The van der Waals surface area contributed by atoms with E-state index >= 15 is 0 Å². The molecule has 1 aliphatic carbocycles. The largest absolute Gasteiger partial charge is 0.349 e. The Kier molecular flexibility index (Phi) is 11.5. The maximum atomic E-state index is 13.7. The second kappa shape index (κ2) is 16.4. The molecule has 13 heteroatoms. The molecule has 1 saturated carbocycles. The molecule has 0 bridgehead atoms. The van der Waals surface area contributed by atoms with Crippen molar-refractivity contribution in [2.75, 3.05) is 18.4 Å². The molecule has 2 fully saturated rings. The van der Waals surface area contributed by atoms with Crippen molar-refractivity contribution in [3.63, 3.8) is 0 Å². The molecule has 0 radical (unpaired) electrons. The summed E-state index contributed by atoms with van der Waals surface area (Å²) in [5.74, 6) is 0.175. The van der Waals surface area contributed by atoms with Crippen LogP contribution in [0.5, 0.6) is 0 Å². The molecule has 12 nitrogen and oxygen atoms in total. The molecule has 1 aliphatic heterocycles. The third-order valence-electron chi connectivity index (χ3n) is 9.83. The zero-order valence-corrected chi connectivity index (χ0v) is 28.9. The van der Waals surface area contributed by atoms with Crippen molar-refractivity contribution in [3.05, 3.63) is 82.9 Å². The van der Waals surface area contributed by atoms with E-state index in [0.29, 0.717) is 47.0 Å². The van der Waals surface area contributed by atoms with Crippen LogP contribution < -0.4 is 27.0 Å². The van der Waals surface area contributed by atoms with E-state index in [1.807, 2.05) is 30.3 Å². The standard InChI is InChI=1S/C37H44ClN9O3/c1-22-18-30(16-17-40-22)42-36(49)28-12-15-31(32(38)20-28)25-6-2-23(3-7-25)19-33(43-35(48)27-8-4-24(21-39)5-9-27)37(50)41-29-13-10-26(11-14-29)34-44-46-47-45-34/h2-3,6-7,10-15,20,22,24,27,30,33,40H,4-5,8-9,16-19,21,39H2,1H3,(H,41,50)(H,42,49)(H,43,48)(H,44,45,46,47)/t22?,24?,27?,30?,33-/m0/s1. The summed E-state index contributed by atoms with van der Waals surface area (Å²) in [5.41, 5.74) is 10.3. The van der Waals surface area contributed by atoms with Crippen molar-refractivity contribution in [1.82, 2.24) is 36.6 Å². The number of aromatic nitrogens is 4.